The Kier molecular flexibility index (Phi) is 4.92. The van der Waals surface area contributed by atoms with Crippen LogP contribution in [0.4, 0.5) is 15.8 Å². The molecule has 0 saturated carbocycles. The Morgan fingerprint density at radius 2 is 1.88 bits per heavy atom. The number of amides is 1. The van der Waals surface area contributed by atoms with Crippen LogP contribution in [0.5, 0.6) is 0 Å². The van der Waals surface area contributed by atoms with Crippen molar-refractivity contribution in [1.29, 1.82) is 0 Å². The van der Waals surface area contributed by atoms with Crippen LogP contribution in [0.2, 0.25) is 0 Å². The van der Waals surface area contributed by atoms with Crippen LogP contribution in [-0.2, 0) is 17.9 Å². The summed E-state index contributed by atoms with van der Waals surface area (Å²) in [5.41, 5.74) is 2.28. The number of benzene rings is 2. The highest BCUT2D eigenvalue weighted by Crippen LogP contribution is 2.23. The molecule has 0 spiro atoms. The number of nitro groups is 1. The van der Waals surface area contributed by atoms with E-state index >= 15 is 0 Å². The molecule has 0 aliphatic carbocycles. The molecule has 1 N–H and O–H groups in total. The SMILES string of the molecule is O=C(CCCNc1ccc([N+](=O)[O-])cc1F)N1Cc2ccccc2C1. The van der Waals surface area contributed by atoms with Crippen molar-refractivity contribution in [1.82, 2.24) is 4.90 Å². The predicted octanol–water partition coefficient (Wildman–Crippen LogP) is 3.47. The molecule has 6 nitrogen and oxygen atoms in total. The van der Waals surface area contributed by atoms with Gasteiger partial charge in [0.05, 0.1) is 16.7 Å². The molecular weight excluding hydrogens is 325 g/mol. The Morgan fingerprint density at radius 1 is 1.20 bits per heavy atom. The molecule has 1 aliphatic heterocycles. The topological polar surface area (TPSA) is 75.5 Å². The predicted molar refractivity (Wildman–Crippen MR) is 91.5 cm³/mol. The number of carbonyl (C=O) groups is 1. The number of non-ortho nitro benzene ring substituents is 1. The van der Waals surface area contributed by atoms with Crippen molar-refractivity contribution >= 4 is 17.3 Å². The van der Waals surface area contributed by atoms with Crippen LogP contribution in [0.3, 0.4) is 0 Å². The van der Waals surface area contributed by atoms with Gasteiger partial charge < -0.3 is 10.2 Å². The molecule has 1 aliphatic rings. The van der Waals surface area contributed by atoms with Crippen LogP contribution in [0, 0.1) is 15.9 Å². The first-order valence-electron chi connectivity index (χ1n) is 8.07. The van der Waals surface area contributed by atoms with E-state index in [1.807, 2.05) is 29.2 Å². The Bertz CT molecular complexity index is 785. The van der Waals surface area contributed by atoms with Gasteiger partial charge in [0, 0.05) is 32.1 Å². The summed E-state index contributed by atoms with van der Waals surface area (Å²) in [7, 11) is 0. The molecule has 0 atom stereocenters. The molecule has 0 unspecified atom stereocenters. The monoisotopic (exact) mass is 343 g/mol. The second kappa shape index (κ2) is 7.29. The number of nitro benzene ring substituents is 1. The van der Waals surface area contributed by atoms with Gasteiger partial charge in [0.1, 0.15) is 0 Å². The average molecular weight is 343 g/mol. The molecular formula is C18H18FN3O3. The largest absolute Gasteiger partial charge is 0.383 e. The first-order valence-corrected chi connectivity index (χ1v) is 8.07. The molecule has 0 radical (unpaired) electrons. The summed E-state index contributed by atoms with van der Waals surface area (Å²) in [6.45, 7) is 1.69. The fourth-order valence-electron chi connectivity index (χ4n) is 2.89. The van der Waals surface area contributed by atoms with E-state index in [2.05, 4.69) is 5.32 Å². The Balaban J connectivity index is 1.45. The molecule has 0 bridgehead atoms. The van der Waals surface area contributed by atoms with Crippen LogP contribution in [0.15, 0.2) is 42.5 Å². The van der Waals surface area contributed by atoms with Crippen LogP contribution < -0.4 is 5.32 Å². The number of nitrogens with zero attached hydrogens (tertiary/aromatic N) is 2. The molecule has 0 aromatic heterocycles. The van der Waals surface area contributed by atoms with Crippen molar-refractivity contribution in [2.45, 2.75) is 25.9 Å². The highest BCUT2D eigenvalue weighted by molar-refractivity contribution is 5.77. The van der Waals surface area contributed by atoms with Gasteiger partial charge in [-0.3, -0.25) is 14.9 Å². The normalized spacial score (nSPS) is 12.8. The molecule has 0 saturated heterocycles. The van der Waals surface area contributed by atoms with E-state index in [1.54, 1.807) is 0 Å². The highest BCUT2D eigenvalue weighted by atomic mass is 19.1. The van der Waals surface area contributed by atoms with E-state index in [1.165, 1.54) is 23.3 Å². The minimum Gasteiger partial charge on any atom is -0.383 e. The standard InChI is InChI=1S/C18H18FN3O3/c19-16-10-15(22(24)25)7-8-17(16)20-9-3-6-18(23)21-11-13-4-1-2-5-14(13)12-21/h1-2,4-5,7-8,10,20H,3,6,9,11-12H2. The van der Waals surface area contributed by atoms with Gasteiger partial charge in [0.15, 0.2) is 5.82 Å². The zero-order valence-electron chi connectivity index (χ0n) is 13.6. The molecule has 2 aromatic carbocycles. The van der Waals surface area contributed by atoms with Gasteiger partial charge in [-0.2, -0.15) is 0 Å². The summed E-state index contributed by atoms with van der Waals surface area (Å²) >= 11 is 0. The second-order valence-corrected chi connectivity index (χ2v) is 5.97. The van der Waals surface area contributed by atoms with E-state index in [0.717, 1.165) is 6.07 Å². The van der Waals surface area contributed by atoms with Gasteiger partial charge in [-0.15, -0.1) is 0 Å². The third-order valence-corrected chi connectivity index (χ3v) is 4.24. The number of rotatable bonds is 6. The van der Waals surface area contributed by atoms with E-state index in [4.69, 9.17) is 0 Å². The average Bonchev–Trinajstić information content (AvgIpc) is 3.03. The number of fused-ring (bicyclic) bond motifs is 1. The van der Waals surface area contributed by atoms with E-state index in [0.29, 0.717) is 32.5 Å². The van der Waals surface area contributed by atoms with Gasteiger partial charge >= 0.3 is 0 Å². The molecule has 3 rings (SSSR count). The van der Waals surface area contributed by atoms with Gasteiger partial charge in [0.25, 0.3) is 5.69 Å². The van der Waals surface area contributed by atoms with Crippen molar-refractivity contribution < 1.29 is 14.1 Å². The van der Waals surface area contributed by atoms with Gasteiger partial charge in [-0.1, -0.05) is 24.3 Å². The second-order valence-electron chi connectivity index (χ2n) is 5.97. The van der Waals surface area contributed by atoms with Gasteiger partial charge in [0.2, 0.25) is 5.91 Å². The molecule has 1 heterocycles. The van der Waals surface area contributed by atoms with Crippen LogP contribution in [-0.4, -0.2) is 22.3 Å². The zero-order chi connectivity index (χ0) is 17.8. The fraction of sp³-hybridized carbons (Fsp3) is 0.278. The lowest BCUT2D eigenvalue weighted by Crippen LogP contribution is -2.25. The van der Waals surface area contributed by atoms with Crippen LogP contribution in [0.1, 0.15) is 24.0 Å². The number of hydrogen-bond donors (Lipinski definition) is 1. The maximum Gasteiger partial charge on any atom is 0.272 e. The summed E-state index contributed by atoms with van der Waals surface area (Å²) in [4.78, 5) is 24.0. The summed E-state index contributed by atoms with van der Waals surface area (Å²) in [5, 5.41) is 13.5. The number of halogens is 1. The quantitative estimate of drug-likeness (QED) is 0.495. The summed E-state index contributed by atoms with van der Waals surface area (Å²) in [6, 6.07) is 11.5. The van der Waals surface area contributed by atoms with E-state index in [9.17, 15) is 19.3 Å². The van der Waals surface area contributed by atoms with E-state index in [-0.39, 0.29) is 17.3 Å². The number of nitrogens with one attached hydrogen (secondary N) is 1. The summed E-state index contributed by atoms with van der Waals surface area (Å²) in [6.07, 6.45) is 0.928. The summed E-state index contributed by atoms with van der Waals surface area (Å²) in [5.74, 6) is -0.599. The number of anilines is 1. The van der Waals surface area contributed by atoms with Crippen molar-refractivity contribution in [3.05, 3.63) is 69.5 Å². The van der Waals surface area contributed by atoms with Crippen LogP contribution in [0.25, 0.3) is 0 Å². The Labute approximate surface area is 144 Å². The van der Waals surface area contributed by atoms with Crippen molar-refractivity contribution in [2.24, 2.45) is 0 Å². The minimum absolute atomic E-state index is 0.0715. The number of carbonyl (C=O) groups excluding carboxylic acids is 1. The maximum atomic E-state index is 13.8. The van der Waals surface area contributed by atoms with Crippen molar-refractivity contribution in [2.75, 3.05) is 11.9 Å². The lowest BCUT2D eigenvalue weighted by Gasteiger charge is -2.15. The first-order chi connectivity index (χ1) is 12.0. The molecule has 25 heavy (non-hydrogen) atoms. The van der Waals surface area contributed by atoms with Crippen molar-refractivity contribution in [3.63, 3.8) is 0 Å². The van der Waals surface area contributed by atoms with Crippen LogP contribution >= 0.6 is 0 Å². The maximum absolute atomic E-state index is 13.8. The lowest BCUT2D eigenvalue weighted by atomic mass is 10.1. The van der Waals surface area contributed by atoms with E-state index < -0.39 is 10.7 Å². The highest BCUT2D eigenvalue weighted by Gasteiger charge is 2.22. The fourth-order valence-corrected chi connectivity index (χ4v) is 2.89. The number of hydrogen-bond acceptors (Lipinski definition) is 4. The molecule has 130 valence electrons. The first kappa shape index (κ1) is 16.9. The Hall–Kier alpha value is -2.96. The van der Waals surface area contributed by atoms with Gasteiger partial charge in [-0.25, -0.2) is 4.39 Å². The molecule has 7 heteroatoms. The summed E-state index contributed by atoms with van der Waals surface area (Å²) < 4.78 is 13.8. The lowest BCUT2D eigenvalue weighted by molar-refractivity contribution is -0.385. The van der Waals surface area contributed by atoms with Gasteiger partial charge in [-0.05, 0) is 23.6 Å². The minimum atomic E-state index is -0.671. The third kappa shape index (κ3) is 3.93. The van der Waals surface area contributed by atoms with Crippen molar-refractivity contribution in [3.8, 4) is 0 Å². The molecule has 1 amide bonds. The third-order valence-electron chi connectivity index (χ3n) is 4.24. The Morgan fingerprint density at radius 3 is 2.48 bits per heavy atom. The molecule has 0 fully saturated rings. The molecule has 2 aromatic rings. The smallest absolute Gasteiger partial charge is 0.272 e. The zero-order valence-corrected chi connectivity index (χ0v) is 13.6.